The molecule has 2 nitrogen and oxygen atoms in total. The van der Waals surface area contributed by atoms with Gasteiger partial charge in [-0.15, -0.1) is 0 Å². The Labute approximate surface area is 148 Å². The summed E-state index contributed by atoms with van der Waals surface area (Å²) in [6.07, 6.45) is 10.5. The molecule has 1 aromatic heterocycles. The van der Waals surface area contributed by atoms with E-state index in [2.05, 4.69) is 41.4 Å². The van der Waals surface area contributed by atoms with Gasteiger partial charge in [0.2, 0.25) is 0 Å². The number of nitrogens with zero attached hydrogens (tertiary/aromatic N) is 1. The second-order valence-electron chi connectivity index (χ2n) is 5.56. The van der Waals surface area contributed by atoms with Crippen molar-refractivity contribution in [3.05, 3.63) is 21.0 Å². The Morgan fingerprint density at radius 2 is 1.86 bits per heavy atom. The molecular weight excluding hydrogens is 397 g/mol. The SMILES string of the molecule is CCCCCC(CCC)CCCOc1ccc(Cl)nc1I. The first-order chi connectivity index (χ1) is 10.2. The molecule has 1 aromatic rings. The fourth-order valence-corrected chi connectivity index (χ4v) is 3.47. The monoisotopic (exact) mass is 423 g/mol. The Morgan fingerprint density at radius 3 is 2.52 bits per heavy atom. The maximum atomic E-state index is 5.84. The minimum atomic E-state index is 0.519. The van der Waals surface area contributed by atoms with Gasteiger partial charge in [0.1, 0.15) is 8.85 Å². The normalized spacial score (nSPS) is 12.4. The summed E-state index contributed by atoms with van der Waals surface area (Å²) in [5.41, 5.74) is 0. The average molecular weight is 424 g/mol. The molecule has 0 aliphatic rings. The third kappa shape index (κ3) is 8.24. The van der Waals surface area contributed by atoms with Gasteiger partial charge < -0.3 is 4.74 Å². The summed E-state index contributed by atoms with van der Waals surface area (Å²) in [7, 11) is 0. The van der Waals surface area contributed by atoms with E-state index in [1.165, 1.54) is 44.9 Å². The van der Waals surface area contributed by atoms with E-state index in [-0.39, 0.29) is 0 Å². The zero-order chi connectivity index (χ0) is 15.5. The maximum Gasteiger partial charge on any atom is 0.151 e. The van der Waals surface area contributed by atoms with Gasteiger partial charge in [-0.3, -0.25) is 0 Å². The third-order valence-electron chi connectivity index (χ3n) is 3.71. The van der Waals surface area contributed by atoms with Crippen LogP contribution < -0.4 is 4.74 Å². The van der Waals surface area contributed by atoms with Gasteiger partial charge in [-0.05, 0) is 53.5 Å². The Kier molecular flexibility index (Phi) is 10.4. The van der Waals surface area contributed by atoms with Crippen molar-refractivity contribution >= 4 is 34.2 Å². The minimum Gasteiger partial charge on any atom is -0.491 e. The Hall–Kier alpha value is -0.0300. The molecular formula is C17H27ClINO. The smallest absolute Gasteiger partial charge is 0.151 e. The predicted molar refractivity (Wildman–Crippen MR) is 99.2 cm³/mol. The Morgan fingerprint density at radius 1 is 1.10 bits per heavy atom. The van der Waals surface area contributed by atoms with Gasteiger partial charge in [-0.2, -0.15) is 0 Å². The highest BCUT2D eigenvalue weighted by Crippen LogP contribution is 2.23. The molecule has 0 saturated carbocycles. The van der Waals surface area contributed by atoms with Crippen molar-refractivity contribution < 1.29 is 4.74 Å². The van der Waals surface area contributed by atoms with E-state index in [9.17, 15) is 0 Å². The summed E-state index contributed by atoms with van der Waals surface area (Å²) in [5, 5.41) is 0.519. The second kappa shape index (κ2) is 11.5. The van der Waals surface area contributed by atoms with Crippen molar-refractivity contribution in [1.82, 2.24) is 4.98 Å². The fraction of sp³-hybridized carbons (Fsp3) is 0.706. The van der Waals surface area contributed by atoms with Gasteiger partial charge in [-0.25, -0.2) is 4.98 Å². The molecule has 0 amide bonds. The zero-order valence-corrected chi connectivity index (χ0v) is 16.1. The van der Waals surface area contributed by atoms with E-state index >= 15 is 0 Å². The standard InChI is InChI=1S/C17H27ClINO/c1-3-5-6-9-14(8-4-2)10-7-13-21-15-11-12-16(18)20-17(15)19/h11-12,14H,3-10,13H2,1-2H3. The molecule has 0 aromatic carbocycles. The van der Waals surface area contributed by atoms with Gasteiger partial charge >= 0.3 is 0 Å². The highest BCUT2D eigenvalue weighted by Gasteiger charge is 2.08. The van der Waals surface area contributed by atoms with E-state index in [0.29, 0.717) is 5.15 Å². The van der Waals surface area contributed by atoms with Crippen LogP contribution in [0, 0.1) is 9.62 Å². The van der Waals surface area contributed by atoms with Gasteiger partial charge in [-0.1, -0.05) is 64.0 Å². The second-order valence-corrected chi connectivity index (χ2v) is 6.97. The minimum absolute atomic E-state index is 0.519. The Bertz CT molecular complexity index is 400. The lowest BCUT2D eigenvalue weighted by Crippen LogP contribution is -2.05. The van der Waals surface area contributed by atoms with Crippen molar-refractivity contribution in [3.63, 3.8) is 0 Å². The van der Waals surface area contributed by atoms with Crippen LogP contribution in [-0.4, -0.2) is 11.6 Å². The predicted octanol–water partition coefficient (Wildman–Crippen LogP) is 6.50. The van der Waals surface area contributed by atoms with Crippen molar-refractivity contribution in [3.8, 4) is 5.75 Å². The van der Waals surface area contributed by atoms with Crippen LogP contribution in [0.1, 0.15) is 65.2 Å². The quantitative estimate of drug-likeness (QED) is 0.230. The summed E-state index contributed by atoms with van der Waals surface area (Å²) in [4.78, 5) is 4.19. The number of ether oxygens (including phenoxy) is 1. The van der Waals surface area contributed by atoms with Crippen molar-refractivity contribution in [2.45, 2.75) is 65.2 Å². The number of hydrogen-bond donors (Lipinski definition) is 0. The number of pyridine rings is 1. The number of aromatic nitrogens is 1. The lowest BCUT2D eigenvalue weighted by Gasteiger charge is -2.16. The summed E-state index contributed by atoms with van der Waals surface area (Å²) >= 11 is 8.01. The van der Waals surface area contributed by atoms with Crippen LogP contribution in [0.15, 0.2) is 12.1 Å². The van der Waals surface area contributed by atoms with Crippen LogP contribution in [0.25, 0.3) is 0 Å². The molecule has 4 heteroatoms. The molecule has 0 saturated heterocycles. The summed E-state index contributed by atoms with van der Waals surface area (Å²) in [5.74, 6) is 1.71. The van der Waals surface area contributed by atoms with Crippen molar-refractivity contribution in [1.29, 1.82) is 0 Å². The molecule has 1 atom stereocenters. The highest BCUT2D eigenvalue weighted by molar-refractivity contribution is 14.1. The fourth-order valence-electron chi connectivity index (χ4n) is 2.59. The summed E-state index contributed by atoms with van der Waals surface area (Å²) in [6.45, 7) is 5.32. The molecule has 0 aliphatic carbocycles. The van der Waals surface area contributed by atoms with E-state index < -0.39 is 0 Å². The molecule has 0 bridgehead atoms. The largest absolute Gasteiger partial charge is 0.491 e. The van der Waals surface area contributed by atoms with Crippen molar-refractivity contribution in [2.24, 2.45) is 5.92 Å². The first kappa shape index (κ1) is 19.0. The molecule has 0 radical (unpaired) electrons. The Balaban J connectivity index is 2.26. The number of unbranched alkanes of at least 4 members (excludes halogenated alkanes) is 2. The molecule has 0 aliphatic heterocycles. The average Bonchev–Trinajstić information content (AvgIpc) is 2.45. The zero-order valence-electron chi connectivity index (χ0n) is 13.2. The molecule has 0 spiro atoms. The molecule has 1 heterocycles. The van der Waals surface area contributed by atoms with Gasteiger partial charge in [0, 0.05) is 0 Å². The summed E-state index contributed by atoms with van der Waals surface area (Å²) < 4.78 is 6.66. The van der Waals surface area contributed by atoms with E-state index in [1.54, 1.807) is 6.07 Å². The van der Waals surface area contributed by atoms with E-state index in [0.717, 1.165) is 28.4 Å². The molecule has 1 rings (SSSR count). The van der Waals surface area contributed by atoms with Crippen LogP contribution in [0.4, 0.5) is 0 Å². The van der Waals surface area contributed by atoms with E-state index in [1.807, 2.05) is 6.07 Å². The lowest BCUT2D eigenvalue weighted by molar-refractivity contribution is 0.279. The van der Waals surface area contributed by atoms with Crippen LogP contribution in [-0.2, 0) is 0 Å². The number of halogens is 2. The molecule has 0 N–H and O–H groups in total. The summed E-state index contributed by atoms with van der Waals surface area (Å²) in [6, 6.07) is 3.69. The first-order valence-corrected chi connectivity index (χ1v) is 9.57. The maximum absolute atomic E-state index is 5.84. The third-order valence-corrected chi connectivity index (χ3v) is 4.69. The van der Waals surface area contributed by atoms with Crippen LogP contribution in [0.2, 0.25) is 5.15 Å². The van der Waals surface area contributed by atoms with Crippen LogP contribution in [0.5, 0.6) is 5.75 Å². The van der Waals surface area contributed by atoms with Crippen LogP contribution >= 0.6 is 34.2 Å². The number of hydrogen-bond acceptors (Lipinski definition) is 2. The van der Waals surface area contributed by atoms with Gasteiger partial charge in [0.15, 0.2) is 5.75 Å². The highest BCUT2D eigenvalue weighted by atomic mass is 127. The molecule has 120 valence electrons. The first-order valence-electron chi connectivity index (χ1n) is 8.12. The molecule has 21 heavy (non-hydrogen) atoms. The topological polar surface area (TPSA) is 22.1 Å². The van der Waals surface area contributed by atoms with Gasteiger partial charge in [0.25, 0.3) is 0 Å². The molecule has 1 unspecified atom stereocenters. The molecule has 0 fully saturated rings. The van der Waals surface area contributed by atoms with E-state index in [4.69, 9.17) is 16.3 Å². The number of rotatable bonds is 11. The van der Waals surface area contributed by atoms with Crippen molar-refractivity contribution in [2.75, 3.05) is 6.61 Å². The van der Waals surface area contributed by atoms with Gasteiger partial charge in [0.05, 0.1) is 6.61 Å². The lowest BCUT2D eigenvalue weighted by atomic mass is 9.92. The van der Waals surface area contributed by atoms with Crippen LogP contribution in [0.3, 0.4) is 0 Å².